The second-order valence-corrected chi connectivity index (χ2v) is 5.18. The Bertz CT molecular complexity index is 442. The van der Waals surface area contributed by atoms with Gasteiger partial charge < -0.3 is 10.0 Å². The molecule has 1 aromatic heterocycles. The summed E-state index contributed by atoms with van der Waals surface area (Å²) in [6.45, 7) is 3.05. The zero-order chi connectivity index (χ0) is 13.8. The molecule has 1 aliphatic heterocycles. The van der Waals surface area contributed by atoms with E-state index in [4.69, 9.17) is 5.11 Å². The van der Waals surface area contributed by atoms with E-state index in [0.717, 1.165) is 49.9 Å². The third-order valence-corrected chi connectivity index (χ3v) is 3.80. The number of nitrogens with zero attached hydrogens (tertiary/aromatic N) is 3. The molecule has 1 aliphatic rings. The van der Waals surface area contributed by atoms with E-state index in [1.54, 1.807) is 4.68 Å². The molecule has 1 unspecified atom stereocenters. The van der Waals surface area contributed by atoms with Crippen molar-refractivity contribution in [1.82, 2.24) is 14.7 Å². The molecule has 19 heavy (non-hydrogen) atoms. The maximum atomic E-state index is 12.6. The van der Waals surface area contributed by atoms with E-state index in [-0.39, 0.29) is 18.6 Å². The van der Waals surface area contributed by atoms with E-state index >= 15 is 0 Å². The van der Waals surface area contributed by atoms with Gasteiger partial charge in [0.25, 0.3) is 5.91 Å². The molecule has 0 aromatic carbocycles. The van der Waals surface area contributed by atoms with Crippen molar-refractivity contribution in [2.45, 2.75) is 45.1 Å². The minimum Gasteiger partial charge on any atom is -0.396 e. The largest absolute Gasteiger partial charge is 0.396 e. The predicted octanol–water partition coefficient (Wildman–Crippen LogP) is 1.36. The number of amides is 1. The first-order chi connectivity index (χ1) is 9.17. The average molecular weight is 265 g/mol. The van der Waals surface area contributed by atoms with Crippen LogP contribution in [0.25, 0.3) is 0 Å². The fourth-order valence-electron chi connectivity index (χ4n) is 2.86. The Morgan fingerprint density at radius 2 is 2.37 bits per heavy atom. The number of aliphatic hydroxyl groups is 1. The Hall–Kier alpha value is -1.36. The summed E-state index contributed by atoms with van der Waals surface area (Å²) in [6, 6.07) is 0.282. The molecule has 1 aromatic rings. The molecule has 0 bridgehead atoms. The SMILES string of the molecule is CCc1nn(C)cc1C(=O)N1CCCC1CCCO. The Morgan fingerprint density at radius 3 is 3.05 bits per heavy atom. The van der Waals surface area contributed by atoms with Gasteiger partial charge in [-0.05, 0) is 32.1 Å². The first-order valence-corrected chi connectivity index (χ1v) is 7.11. The topological polar surface area (TPSA) is 58.4 Å². The van der Waals surface area contributed by atoms with E-state index in [0.29, 0.717) is 0 Å². The Morgan fingerprint density at radius 1 is 1.58 bits per heavy atom. The highest BCUT2D eigenvalue weighted by Gasteiger charge is 2.30. The minimum absolute atomic E-state index is 0.102. The van der Waals surface area contributed by atoms with Gasteiger partial charge in [-0.15, -0.1) is 0 Å². The third kappa shape index (κ3) is 2.97. The quantitative estimate of drug-likeness (QED) is 0.874. The third-order valence-electron chi connectivity index (χ3n) is 3.80. The number of aliphatic hydroxyl groups excluding tert-OH is 1. The van der Waals surface area contributed by atoms with Crippen molar-refractivity contribution in [3.8, 4) is 0 Å². The van der Waals surface area contributed by atoms with Gasteiger partial charge in [-0.25, -0.2) is 0 Å². The molecule has 1 atom stereocenters. The van der Waals surface area contributed by atoms with Crippen LogP contribution in [0.5, 0.6) is 0 Å². The van der Waals surface area contributed by atoms with E-state index in [1.165, 1.54) is 0 Å². The number of aryl methyl sites for hydroxylation is 2. The maximum absolute atomic E-state index is 12.6. The summed E-state index contributed by atoms with van der Waals surface area (Å²) >= 11 is 0. The fraction of sp³-hybridized carbons (Fsp3) is 0.714. The van der Waals surface area contributed by atoms with Crippen LogP contribution in [0, 0.1) is 0 Å². The Labute approximate surface area is 114 Å². The van der Waals surface area contributed by atoms with Crippen molar-refractivity contribution < 1.29 is 9.90 Å². The molecule has 106 valence electrons. The predicted molar refractivity (Wildman–Crippen MR) is 73.0 cm³/mol. The van der Waals surface area contributed by atoms with Crippen molar-refractivity contribution >= 4 is 5.91 Å². The summed E-state index contributed by atoms with van der Waals surface area (Å²) < 4.78 is 1.71. The van der Waals surface area contributed by atoms with Crippen LogP contribution in [0.2, 0.25) is 0 Å². The normalized spacial score (nSPS) is 19.1. The lowest BCUT2D eigenvalue weighted by Gasteiger charge is -2.24. The second-order valence-electron chi connectivity index (χ2n) is 5.18. The molecular formula is C14H23N3O2. The van der Waals surface area contributed by atoms with Crippen molar-refractivity contribution in [2.24, 2.45) is 7.05 Å². The number of hydrogen-bond donors (Lipinski definition) is 1. The molecule has 1 fully saturated rings. The number of hydrogen-bond acceptors (Lipinski definition) is 3. The van der Waals surface area contributed by atoms with Crippen LogP contribution in [0.1, 0.15) is 48.7 Å². The molecular weight excluding hydrogens is 242 g/mol. The van der Waals surface area contributed by atoms with Gasteiger partial charge in [-0.3, -0.25) is 9.48 Å². The summed E-state index contributed by atoms with van der Waals surface area (Å²) in [6.07, 6.45) is 6.36. The van der Waals surface area contributed by atoms with Crippen LogP contribution in [0.4, 0.5) is 0 Å². The first-order valence-electron chi connectivity index (χ1n) is 7.11. The monoisotopic (exact) mass is 265 g/mol. The zero-order valence-electron chi connectivity index (χ0n) is 11.8. The Kier molecular flexibility index (Phi) is 4.58. The van der Waals surface area contributed by atoms with Crippen molar-refractivity contribution in [1.29, 1.82) is 0 Å². The smallest absolute Gasteiger partial charge is 0.257 e. The van der Waals surface area contributed by atoms with Crippen LogP contribution in [-0.2, 0) is 13.5 Å². The lowest BCUT2D eigenvalue weighted by atomic mass is 10.1. The average Bonchev–Trinajstić information content (AvgIpc) is 3.01. The molecule has 1 amide bonds. The summed E-state index contributed by atoms with van der Waals surface area (Å²) in [4.78, 5) is 14.6. The van der Waals surface area contributed by atoms with E-state index in [1.807, 2.05) is 25.1 Å². The van der Waals surface area contributed by atoms with Gasteiger partial charge >= 0.3 is 0 Å². The first kappa shape index (κ1) is 14.1. The minimum atomic E-state index is 0.102. The van der Waals surface area contributed by atoms with Crippen molar-refractivity contribution in [3.63, 3.8) is 0 Å². The molecule has 0 aliphatic carbocycles. The van der Waals surface area contributed by atoms with Gasteiger partial charge in [0.05, 0.1) is 11.3 Å². The molecule has 1 saturated heterocycles. The standard InChI is InChI=1S/C14H23N3O2/c1-3-13-12(10-16(2)15-13)14(19)17-8-4-6-11(17)7-5-9-18/h10-11,18H,3-9H2,1-2H3. The van der Waals surface area contributed by atoms with Crippen LogP contribution in [0.3, 0.4) is 0 Å². The zero-order valence-corrected chi connectivity index (χ0v) is 11.8. The Balaban J connectivity index is 2.13. The van der Waals surface area contributed by atoms with Crippen LogP contribution in [0.15, 0.2) is 6.20 Å². The lowest BCUT2D eigenvalue weighted by molar-refractivity contribution is 0.0723. The second kappa shape index (κ2) is 6.19. The highest BCUT2D eigenvalue weighted by molar-refractivity contribution is 5.95. The summed E-state index contributed by atoms with van der Waals surface area (Å²) in [7, 11) is 1.85. The summed E-state index contributed by atoms with van der Waals surface area (Å²) in [5, 5.41) is 13.3. The van der Waals surface area contributed by atoms with Gasteiger partial charge in [-0.2, -0.15) is 5.10 Å². The van der Waals surface area contributed by atoms with Crippen LogP contribution >= 0.6 is 0 Å². The van der Waals surface area contributed by atoms with Gasteiger partial charge in [0.2, 0.25) is 0 Å². The van der Waals surface area contributed by atoms with Crippen molar-refractivity contribution in [2.75, 3.05) is 13.2 Å². The highest BCUT2D eigenvalue weighted by atomic mass is 16.3. The van der Waals surface area contributed by atoms with Crippen LogP contribution < -0.4 is 0 Å². The molecule has 2 heterocycles. The number of aromatic nitrogens is 2. The van der Waals surface area contributed by atoms with Gasteiger partial charge in [0.1, 0.15) is 0 Å². The summed E-state index contributed by atoms with van der Waals surface area (Å²) in [5.41, 5.74) is 1.61. The van der Waals surface area contributed by atoms with E-state index in [9.17, 15) is 4.79 Å². The lowest BCUT2D eigenvalue weighted by Crippen LogP contribution is -2.36. The molecule has 0 radical (unpaired) electrons. The van der Waals surface area contributed by atoms with Crippen molar-refractivity contribution in [3.05, 3.63) is 17.5 Å². The number of likely N-dealkylation sites (tertiary alicyclic amines) is 1. The number of carbonyl (C=O) groups excluding carboxylic acids is 1. The van der Waals surface area contributed by atoms with Crippen LogP contribution in [-0.4, -0.2) is 44.9 Å². The molecule has 0 spiro atoms. The van der Waals surface area contributed by atoms with E-state index < -0.39 is 0 Å². The van der Waals surface area contributed by atoms with Gasteiger partial charge in [0.15, 0.2) is 0 Å². The molecule has 5 heteroatoms. The summed E-state index contributed by atoms with van der Waals surface area (Å²) in [5.74, 6) is 0.102. The number of rotatable bonds is 5. The maximum Gasteiger partial charge on any atom is 0.257 e. The van der Waals surface area contributed by atoms with Gasteiger partial charge in [-0.1, -0.05) is 6.92 Å². The van der Waals surface area contributed by atoms with E-state index in [2.05, 4.69) is 5.10 Å². The molecule has 1 N–H and O–H groups in total. The highest BCUT2D eigenvalue weighted by Crippen LogP contribution is 2.24. The molecule has 0 saturated carbocycles. The fourth-order valence-corrected chi connectivity index (χ4v) is 2.86. The molecule has 5 nitrogen and oxygen atoms in total. The number of carbonyl (C=O) groups is 1. The van der Waals surface area contributed by atoms with Gasteiger partial charge in [0, 0.05) is 32.4 Å². The molecule has 2 rings (SSSR count).